The molecular formula is C20H20FN3O3. The Morgan fingerprint density at radius 2 is 1.93 bits per heavy atom. The lowest BCUT2D eigenvalue weighted by atomic mass is 10.1. The number of pyridine rings is 1. The van der Waals surface area contributed by atoms with E-state index >= 15 is 0 Å². The zero-order valence-corrected chi connectivity index (χ0v) is 14.8. The SMILES string of the molecule is O=C1N/C(=C\c2occc2-c2cccnc2F)C(=O)N1C1CCCCCC1. The topological polar surface area (TPSA) is 75.4 Å². The molecule has 0 unspecified atom stereocenters. The molecule has 0 radical (unpaired) electrons. The van der Waals surface area contributed by atoms with Gasteiger partial charge in [0.05, 0.1) is 6.26 Å². The molecule has 0 aromatic carbocycles. The predicted molar refractivity (Wildman–Crippen MR) is 96.7 cm³/mol. The molecule has 1 saturated carbocycles. The Labute approximate surface area is 156 Å². The average Bonchev–Trinajstić information content (AvgIpc) is 3.10. The van der Waals surface area contributed by atoms with Crippen LogP contribution in [-0.2, 0) is 4.79 Å². The number of hydrogen-bond donors (Lipinski definition) is 1. The van der Waals surface area contributed by atoms with Crippen LogP contribution in [0.25, 0.3) is 17.2 Å². The van der Waals surface area contributed by atoms with E-state index in [0.717, 1.165) is 38.5 Å². The fourth-order valence-corrected chi connectivity index (χ4v) is 3.77. The first-order valence-corrected chi connectivity index (χ1v) is 9.20. The smallest absolute Gasteiger partial charge is 0.329 e. The molecule has 4 rings (SSSR count). The number of nitrogens with zero attached hydrogens (tertiary/aromatic N) is 2. The summed E-state index contributed by atoms with van der Waals surface area (Å²) in [7, 11) is 0. The average molecular weight is 369 g/mol. The molecule has 3 heterocycles. The van der Waals surface area contributed by atoms with Gasteiger partial charge in [0.2, 0.25) is 5.95 Å². The zero-order chi connectivity index (χ0) is 18.8. The number of carbonyl (C=O) groups excluding carboxylic acids is 2. The summed E-state index contributed by atoms with van der Waals surface area (Å²) in [5.74, 6) is -0.686. The lowest BCUT2D eigenvalue weighted by Crippen LogP contribution is -2.40. The van der Waals surface area contributed by atoms with Crippen LogP contribution < -0.4 is 5.32 Å². The summed E-state index contributed by atoms with van der Waals surface area (Å²) in [4.78, 5) is 30.2. The van der Waals surface area contributed by atoms with Gasteiger partial charge < -0.3 is 9.73 Å². The highest BCUT2D eigenvalue weighted by atomic mass is 19.1. The first-order chi connectivity index (χ1) is 13.1. The van der Waals surface area contributed by atoms with Crippen LogP contribution in [0.4, 0.5) is 9.18 Å². The highest BCUT2D eigenvalue weighted by molar-refractivity contribution is 6.14. The molecule has 140 valence electrons. The van der Waals surface area contributed by atoms with Crippen molar-refractivity contribution >= 4 is 18.0 Å². The molecule has 7 heteroatoms. The second-order valence-corrected chi connectivity index (χ2v) is 6.85. The van der Waals surface area contributed by atoms with E-state index in [4.69, 9.17) is 4.42 Å². The van der Waals surface area contributed by atoms with Crippen molar-refractivity contribution in [3.05, 3.63) is 48.1 Å². The van der Waals surface area contributed by atoms with Gasteiger partial charge in [0.1, 0.15) is 11.5 Å². The number of urea groups is 1. The van der Waals surface area contributed by atoms with Crippen molar-refractivity contribution in [1.29, 1.82) is 0 Å². The quantitative estimate of drug-likeness (QED) is 0.383. The summed E-state index contributed by atoms with van der Waals surface area (Å²) in [6, 6.07) is 4.34. The second kappa shape index (κ2) is 7.34. The molecule has 1 saturated heterocycles. The summed E-state index contributed by atoms with van der Waals surface area (Å²) in [5, 5.41) is 2.63. The van der Waals surface area contributed by atoms with Crippen LogP contribution in [0.2, 0.25) is 0 Å². The van der Waals surface area contributed by atoms with Crippen LogP contribution in [0, 0.1) is 5.95 Å². The van der Waals surface area contributed by atoms with E-state index in [1.807, 2.05) is 0 Å². The number of aromatic nitrogens is 1. The Morgan fingerprint density at radius 3 is 2.67 bits per heavy atom. The van der Waals surface area contributed by atoms with Crippen molar-refractivity contribution in [2.24, 2.45) is 0 Å². The maximum atomic E-state index is 14.0. The van der Waals surface area contributed by atoms with E-state index in [1.54, 1.807) is 18.2 Å². The van der Waals surface area contributed by atoms with Crippen LogP contribution in [0.15, 0.2) is 40.8 Å². The molecular weight excluding hydrogens is 349 g/mol. The molecule has 3 amide bonds. The lowest BCUT2D eigenvalue weighted by Gasteiger charge is -2.23. The summed E-state index contributed by atoms with van der Waals surface area (Å²) < 4.78 is 19.4. The minimum Gasteiger partial charge on any atom is -0.464 e. The van der Waals surface area contributed by atoms with Gasteiger partial charge in [-0.1, -0.05) is 25.7 Å². The molecule has 2 aromatic rings. The van der Waals surface area contributed by atoms with Crippen LogP contribution in [0.3, 0.4) is 0 Å². The van der Waals surface area contributed by atoms with Gasteiger partial charge in [0, 0.05) is 29.4 Å². The molecule has 6 nitrogen and oxygen atoms in total. The third-order valence-corrected chi connectivity index (χ3v) is 5.12. The molecule has 1 N–H and O–H groups in total. The molecule has 1 aliphatic heterocycles. The molecule has 2 aliphatic rings. The Balaban J connectivity index is 1.62. The van der Waals surface area contributed by atoms with Gasteiger partial charge in [-0.05, 0) is 31.0 Å². The monoisotopic (exact) mass is 369 g/mol. The van der Waals surface area contributed by atoms with Crippen molar-refractivity contribution in [3.8, 4) is 11.1 Å². The maximum Gasteiger partial charge on any atom is 0.329 e. The number of rotatable bonds is 3. The predicted octanol–water partition coefficient (Wildman–Crippen LogP) is 4.10. The van der Waals surface area contributed by atoms with Gasteiger partial charge in [0.25, 0.3) is 5.91 Å². The lowest BCUT2D eigenvalue weighted by molar-refractivity contribution is -0.124. The first-order valence-electron chi connectivity index (χ1n) is 9.20. The number of nitrogens with one attached hydrogen (secondary N) is 1. The number of carbonyl (C=O) groups is 2. The van der Waals surface area contributed by atoms with Crippen LogP contribution in [0.1, 0.15) is 44.3 Å². The summed E-state index contributed by atoms with van der Waals surface area (Å²) in [6.45, 7) is 0. The van der Waals surface area contributed by atoms with Gasteiger partial charge >= 0.3 is 6.03 Å². The minimum absolute atomic E-state index is 0.0715. The standard InChI is InChI=1S/C20H20FN3O3/c21-18-15(8-5-10-22-18)14-9-11-27-17(14)12-16-19(25)24(20(26)23-16)13-6-3-1-2-4-7-13/h5,8-13H,1-4,6-7H2,(H,23,26)/b16-12-. The van der Waals surface area contributed by atoms with Gasteiger partial charge in [-0.3, -0.25) is 9.69 Å². The first kappa shape index (κ1) is 17.5. The molecule has 27 heavy (non-hydrogen) atoms. The maximum absolute atomic E-state index is 14.0. The second-order valence-electron chi connectivity index (χ2n) is 6.85. The van der Waals surface area contributed by atoms with Crippen LogP contribution >= 0.6 is 0 Å². The Hall–Kier alpha value is -2.96. The van der Waals surface area contributed by atoms with Gasteiger partial charge in [-0.2, -0.15) is 4.39 Å². The van der Waals surface area contributed by atoms with E-state index in [0.29, 0.717) is 11.3 Å². The van der Waals surface area contributed by atoms with Crippen LogP contribution in [-0.4, -0.2) is 27.9 Å². The molecule has 1 aliphatic carbocycles. The van der Waals surface area contributed by atoms with Crippen molar-refractivity contribution in [3.63, 3.8) is 0 Å². The highest BCUT2D eigenvalue weighted by Crippen LogP contribution is 2.30. The van der Waals surface area contributed by atoms with Crippen LogP contribution in [0.5, 0.6) is 0 Å². The van der Waals surface area contributed by atoms with E-state index in [2.05, 4.69) is 10.3 Å². The normalized spacial score (nSPS) is 20.2. The third kappa shape index (κ3) is 3.37. The van der Waals surface area contributed by atoms with Gasteiger partial charge in [-0.15, -0.1) is 0 Å². The summed E-state index contributed by atoms with van der Waals surface area (Å²) >= 11 is 0. The van der Waals surface area contributed by atoms with E-state index in [9.17, 15) is 14.0 Å². The summed E-state index contributed by atoms with van der Waals surface area (Å²) in [5.41, 5.74) is 0.892. The van der Waals surface area contributed by atoms with Crippen molar-refractivity contribution < 1.29 is 18.4 Å². The molecule has 2 aromatic heterocycles. The third-order valence-electron chi connectivity index (χ3n) is 5.12. The fourth-order valence-electron chi connectivity index (χ4n) is 3.77. The van der Waals surface area contributed by atoms with Crippen molar-refractivity contribution in [1.82, 2.24) is 15.2 Å². The van der Waals surface area contributed by atoms with Gasteiger partial charge in [-0.25, -0.2) is 9.78 Å². The molecule has 0 atom stereocenters. The van der Waals surface area contributed by atoms with Crippen molar-refractivity contribution in [2.75, 3.05) is 0 Å². The van der Waals surface area contributed by atoms with E-state index in [-0.39, 0.29) is 23.2 Å². The van der Waals surface area contributed by atoms with E-state index < -0.39 is 12.0 Å². The largest absolute Gasteiger partial charge is 0.464 e. The highest BCUT2D eigenvalue weighted by Gasteiger charge is 2.38. The van der Waals surface area contributed by atoms with E-state index in [1.165, 1.54) is 23.4 Å². The molecule has 2 fully saturated rings. The molecule has 0 spiro atoms. The van der Waals surface area contributed by atoms with Gasteiger partial charge in [0.15, 0.2) is 0 Å². The summed E-state index contributed by atoms with van der Waals surface area (Å²) in [6.07, 6.45) is 10.2. The fraction of sp³-hybridized carbons (Fsp3) is 0.350. The Kier molecular flexibility index (Phi) is 4.75. The number of hydrogen-bond acceptors (Lipinski definition) is 4. The number of imide groups is 1. The number of amides is 3. The number of furan rings is 1. The van der Waals surface area contributed by atoms with Crippen molar-refractivity contribution in [2.45, 2.75) is 44.6 Å². The zero-order valence-electron chi connectivity index (χ0n) is 14.8. The Morgan fingerprint density at radius 1 is 1.15 bits per heavy atom. The molecule has 0 bridgehead atoms. The number of halogens is 1. The minimum atomic E-state index is -0.625. The Bertz CT molecular complexity index is 897.